The second-order valence-corrected chi connectivity index (χ2v) is 7.43. The molecule has 1 saturated carbocycles. The van der Waals surface area contributed by atoms with E-state index in [1.54, 1.807) is 13.0 Å². The first kappa shape index (κ1) is 20.0. The summed E-state index contributed by atoms with van der Waals surface area (Å²) in [7, 11) is 0. The first-order chi connectivity index (χ1) is 14.6. The first-order valence-electron chi connectivity index (χ1n) is 10.2. The van der Waals surface area contributed by atoms with E-state index in [2.05, 4.69) is 0 Å². The Morgan fingerprint density at radius 1 is 1.17 bits per heavy atom. The number of ether oxygens (including phenoxy) is 3. The molecule has 1 fully saturated rings. The van der Waals surface area contributed by atoms with Crippen molar-refractivity contribution in [3.05, 3.63) is 57.6 Å². The van der Waals surface area contributed by atoms with E-state index in [-0.39, 0.29) is 35.7 Å². The van der Waals surface area contributed by atoms with Crippen molar-refractivity contribution in [1.82, 2.24) is 4.90 Å². The van der Waals surface area contributed by atoms with Crippen LogP contribution in [0.25, 0.3) is 0 Å². The second kappa shape index (κ2) is 8.61. The molecule has 0 aromatic heterocycles. The molecule has 1 heterocycles. The number of benzene rings is 2. The fraction of sp³-hybridized carbons (Fsp3) is 0.409. The van der Waals surface area contributed by atoms with Gasteiger partial charge in [0.15, 0.2) is 17.2 Å². The molecular weight excluding hydrogens is 388 g/mol. The maximum Gasteiger partial charge on any atom is 0.311 e. The van der Waals surface area contributed by atoms with Gasteiger partial charge in [0.25, 0.3) is 5.91 Å². The van der Waals surface area contributed by atoms with Gasteiger partial charge >= 0.3 is 5.69 Å². The Labute approximate surface area is 174 Å². The zero-order chi connectivity index (χ0) is 21.1. The van der Waals surface area contributed by atoms with Crippen LogP contribution in [0.2, 0.25) is 0 Å². The van der Waals surface area contributed by atoms with Gasteiger partial charge in [0.05, 0.1) is 11.5 Å². The number of hydrogen-bond donors (Lipinski definition) is 0. The highest BCUT2D eigenvalue weighted by Gasteiger charge is 2.29. The van der Waals surface area contributed by atoms with Crippen LogP contribution >= 0.6 is 0 Å². The molecule has 1 aliphatic heterocycles. The maximum atomic E-state index is 13.4. The van der Waals surface area contributed by atoms with Crippen molar-refractivity contribution in [2.24, 2.45) is 0 Å². The topological polar surface area (TPSA) is 91.1 Å². The van der Waals surface area contributed by atoms with Crippen molar-refractivity contribution >= 4 is 11.6 Å². The zero-order valence-corrected chi connectivity index (χ0v) is 16.8. The van der Waals surface area contributed by atoms with Crippen molar-refractivity contribution in [2.45, 2.75) is 45.2 Å². The van der Waals surface area contributed by atoms with E-state index in [4.69, 9.17) is 14.2 Å². The molecule has 30 heavy (non-hydrogen) atoms. The SMILES string of the molecule is CCOc1ccc(C(=O)N(Cc2ccc3c(c2)OCO3)C2CCCC2)cc1[N+](=O)[O-]. The molecule has 1 amide bonds. The largest absolute Gasteiger partial charge is 0.487 e. The number of fused-ring (bicyclic) bond motifs is 1. The molecule has 0 bridgehead atoms. The number of rotatable bonds is 7. The van der Waals surface area contributed by atoms with Crippen LogP contribution in [-0.4, -0.2) is 35.2 Å². The molecular formula is C22H24N2O6. The van der Waals surface area contributed by atoms with E-state index in [1.807, 2.05) is 23.1 Å². The number of amides is 1. The van der Waals surface area contributed by atoms with Crippen molar-refractivity contribution in [3.8, 4) is 17.2 Å². The highest BCUT2D eigenvalue weighted by Crippen LogP contribution is 2.35. The van der Waals surface area contributed by atoms with Crippen molar-refractivity contribution in [3.63, 3.8) is 0 Å². The maximum absolute atomic E-state index is 13.4. The summed E-state index contributed by atoms with van der Waals surface area (Å²) in [6.45, 7) is 2.67. The second-order valence-electron chi connectivity index (χ2n) is 7.43. The standard InChI is InChI=1S/C22H24N2O6/c1-2-28-19-10-8-16(12-18(19)24(26)27)22(25)23(17-5-3-4-6-17)13-15-7-9-20-21(11-15)30-14-29-20/h7-12,17H,2-6,13-14H2,1H3. The van der Waals surface area contributed by atoms with Gasteiger partial charge in [-0.15, -0.1) is 0 Å². The minimum atomic E-state index is -0.514. The van der Waals surface area contributed by atoms with Crippen molar-refractivity contribution < 1.29 is 23.9 Å². The number of carbonyl (C=O) groups is 1. The molecule has 0 radical (unpaired) electrons. The third-order valence-electron chi connectivity index (χ3n) is 5.52. The third-order valence-corrected chi connectivity index (χ3v) is 5.52. The van der Waals surface area contributed by atoms with E-state index in [0.29, 0.717) is 24.7 Å². The van der Waals surface area contributed by atoms with Crippen LogP contribution in [0, 0.1) is 10.1 Å². The predicted molar refractivity (Wildman–Crippen MR) is 109 cm³/mol. The van der Waals surface area contributed by atoms with Gasteiger partial charge in [-0.05, 0) is 49.6 Å². The molecule has 0 atom stereocenters. The van der Waals surface area contributed by atoms with Crippen LogP contribution in [-0.2, 0) is 6.54 Å². The number of hydrogen-bond acceptors (Lipinski definition) is 6. The predicted octanol–water partition coefficient (Wildman–Crippen LogP) is 4.31. The van der Waals surface area contributed by atoms with Crippen LogP contribution in [0.5, 0.6) is 17.2 Å². The minimum Gasteiger partial charge on any atom is -0.487 e. The van der Waals surface area contributed by atoms with Crippen LogP contribution < -0.4 is 14.2 Å². The molecule has 1 aliphatic carbocycles. The van der Waals surface area contributed by atoms with E-state index in [1.165, 1.54) is 12.1 Å². The van der Waals surface area contributed by atoms with Gasteiger partial charge in [-0.2, -0.15) is 0 Å². The van der Waals surface area contributed by atoms with Gasteiger partial charge in [0, 0.05) is 24.2 Å². The third kappa shape index (κ3) is 4.03. The lowest BCUT2D eigenvalue weighted by Gasteiger charge is -2.29. The average Bonchev–Trinajstić information content (AvgIpc) is 3.43. The lowest BCUT2D eigenvalue weighted by molar-refractivity contribution is -0.385. The molecule has 0 spiro atoms. The molecule has 2 aromatic rings. The summed E-state index contributed by atoms with van der Waals surface area (Å²) in [5.41, 5.74) is 1.02. The summed E-state index contributed by atoms with van der Waals surface area (Å²) < 4.78 is 16.2. The lowest BCUT2D eigenvalue weighted by atomic mass is 10.1. The fourth-order valence-corrected chi connectivity index (χ4v) is 4.06. The number of carbonyl (C=O) groups excluding carboxylic acids is 1. The smallest absolute Gasteiger partial charge is 0.311 e. The molecule has 8 nitrogen and oxygen atoms in total. The Morgan fingerprint density at radius 2 is 1.93 bits per heavy atom. The first-order valence-corrected chi connectivity index (χ1v) is 10.2. The molecule has 0 unspecified atom stereocenters. The summed E-state index contributed by atoms with van der Waals surface area (Å²) in [5.74, 6) is 1.32. The van der Waals surface area contributed by atoms with E-state index < -0.39 is 4.92 Å². The summed E-state index contributed by atoms with van der Waals surface area (Å²) in [5, 5.41) is 11.5. The van der Waals surface area contributed by atoms with E-state index in [0.717, 1.165) is 31.2 Å². The van der Waals surface area contributed by atoms with Crippen LogP contribution in [0.1, 0.15) is 48.5 Å². The number of nitrogens with zero attached hydrogens (tertiary/aromatic N) is 2. The zero-order valence-electron chi connectivity index (χ0n) is 16.8. The highest BCUT2D eigenvalue weighted by atomic mass is 16.7. The molecule has 0 N–H and O–H groups in total. The summed E-state index contributed by atoms with van der Waals surface area (Å²) in [6.07, 6.45) is 3.99. The van der Waals surface area contributed by atoms with Gasteiger partial charge in [-0.3, -0.25) is 14.9 Å². The Morgan fingerprint density at radius 3 is 2.67 bits per heavy atom. The van der Waals surface area contributed by atoms with E-state index >= 15 is 0 Å². The molecule has 8 heteroatoms. The monoisotopic (exact) mass is 412 g/mol. The van der Waals surface area contributed by atoms with Crippen molar-refractivity contribution in [2.75, 3.05) is 13.4 Å². The fourth-order valence-electron chi connectivity index (χ4n) is 4.06. The molecule has 2 aromatic carbocycles. The summed E-state index contributed by atoms with van der Waals surface area (Å²) in [6, 6.07) is 10.2. The molecule has 0 saturated heterocycles. The molecule has 2 aliphatic rings. The van der Waals surface area contributed by atoms with Crippen molar-refractivity contribution in [1.29, 1.82) is 0 Å². The van der Waals surface area contributed by atoms with E-state index in [9.17, 15) is 14.9 Å². The van der Waals surface area contributed by atoms with Crippen LogP contribution in [0.15, 0.2) is 36.4 Å². The Hall–Kier alpha value is -3.29. The van der Waals surface area contributed by atoms with Gasteiger partial charge in [0.2, 0.25) is 6.79 Å². The van der Waals surface area contributed by atoms with Crippen LogP contribution in [0.3, 0.4) is 0 Å². The van der Waals surface area contributed by atoms with Crippen LogP contribution in [0.4, 0.5) is 5.69 Å². The summed E-state index contributed by atoms with van der Waals surface area (Å²) >= 11 is 0. The number of nitro groups is 1. The van der Waals surface area contributed by atoms with Gasteiger partial charge in [0.1, 0.15) is 0 Å². The Bertz CT molecular complexity index is 955. The number of nitro benzene ring substituents is 1. The quantitative estimate of drug-likeness (QED) is 0.497. The van der Waals surface area contributed by atoms with Gasteiger partial charge in [-0.25, -0.2) is 0 Å². The average molecular weight is 412 g/mol. The molecule has 158 valence electrons. The Kier molecular flexibility index (Phi) is 5.74. The highest BCUT2D eigenvalue weighted by molar-refractivity contribution is 5.95. The Balaban J connectivity index is 1.63. The lowest BCUT2D eigenvalue weighted by Crippen LogP contribution is -2.38. The summed E-state index contributed by atoms with van der Waals surface area (Å²) in [4.78, 5) is 26.2. The minimum absolute atomic E-state index is 0.105. The van der Waals surface area contributed by atoms with Gasteiger partial charge < -0.3 is 19.1 Å². The normalized spacial score (nSPS) is 15.2. The van der Waals surface area contributed by atoms with Gasteiger partial charge in [-0.1, -0.05) is 18.9 Å². The molecule has 4 rings (SSSR count).